The summed E-state index contributed by atoms with van der Waals surface area (Å²) in [5.74, 6) is 0.0207. The maximum absolute atomic E-state index is 13.2. The number of hydrogen-bond donors (Lipinski definition) is 0. The van der Waals surface area contributed by atoms with Crippen LogP contribution in [0.4, 0.5) is 5.69 Å². The number of carbonyl (C=O) groups is 1. The SMILES string of the molecule is Cc1ccc2c(c1)CCCN2C(=O)C1Cc2ccccc2C1Cl. The minimum Gasteiger partial charge on any atom is -0.312 e. The van der Waals surface area contributed by atoms with Gasteiger partial charge in [0.25, 0.3) is 0 Å². The molecule has 3 heteroatoms. The number of nitrogens with zero attached hydrogens (tertiary/aromatic N) is 1. The third-order valence-corrected chi connectivity index (χ3v) is 5.62. The zero-order chi connectivity index (χ0) is 16.0. The van der Waals surface area contributed by atoms with Crippen LogP contribution in [0.2, 0.25) is 0 Å². The van der Waals surface area contributed by atoms with Crippen LogP contribution < -0.4 is 4.90 Å². The monoisotopic (exact) mass is 325 g/mol. The number of halogens is 1. The minimum atomic E-state index is -0.213. The Morgan fingerprint density at radius 2 is 2.00 bits per heavy atom. The fourth-order valence-electron chi connectivity index (χ4n) is 3.91. The number of anilines is 1. The number of aryl methyl sites for hydroxylation is 2. The normalized spacial score (nSPS) is 22.6. The molecule has 2 nitrogen and oxygen atoms in total. The van der Waals surface area contributed by atoms with Gasteiger partial charge >= 0.3 is 0 Å². The Kier molecular flexibility index (Phi) is 3.65. The highest BCUT2D eigenvalue weighted by Crippen LogP contribution is 2.42. The van der Waals surface area contributed by atoms with Crippen molar-refractivity contribution in [3.63, 3.8) is 0 Å². The van der Waals surface area contributed by atoms with Crippen molar-refractivity contribution in [1.82, 2.24) is 0 Å². The van der Waals surface area contributed by atoms with Crippen molar-refractivity contribution >= 4 is 23.2 Å². The van der Waals surface area contributed by atoms with Gasteiger partial charge in [-0.1, -0.05) is 42.0 Å². The molecule has 4 rings (SSSR count). The summed E-state index contributed by atoms with van der Waals surface area (Å²) < 4.78 is 0. The Morgan fingerprint density at radius 3 is 2.83 bits per heavy atom. The molecule has 2 unspecified atom stereocenters. The number of amides is 1. The summed E-state index contributed by atoms with van der Waals surface area (Å²) in [6, 6.07) is 14.5. The highest BCUT2D eigenvalue weighted by atomic mass is 35.5. The summed E-state index contributed by atoms with van der Waals surface area (Å²) in [6.07, 6.45) is 2.83. The van der Waals surface area contributed by atoms with E-state index in [4.69, 9.17) is 11.6 Å². The van der Waals surface area contributed by atoms with Gasteiger partial charge in [0, 0.05) is 12.2 Å². The Bertz CT molecular complexity index is 770. The van der Waals surface area contributed by atoms with Gasteiger partial charge in [0.1, 0.15) is 0 Å². The number of benzene rings is 2. The number of alkyl halides is 1. The van der Waals surface area contributed by atoms with E-state index in [0.29, 0.717) is 0 Å². The quantitative estimate of drug-likeness (QED) is 0.710. The average Bonchev–Trinajstić information content (AvgIpc) is 2.91. The first-order valence-electron chi connectivity index (χ1n) is 8.28. The molecule has 0 spiro atoms. The maximum atomic E-state index is 13.2. The molecule has 0 saturated carbocycles. The third kappa shape index (κ3) is 2.46. The zero-order valence-electron chi connectivity index (χ0n) is 13.3. The predicted octanol–water partition coefficient (Wildman–Crippen LogP) is 4.43. The lowest BCUT2D eigenvalue weighted by atomic mass is 9.96. The van der Waals surface area contributed by atoms with Crippen molar-refractivity contribution in [2.24, 2.45) is 5.92 Å². The highest BCUT2D eigenvalue weighted by molar-refractivity contribution is 6.23. The Hall–Kier alpha value is -1.80. The number of rotatable bonds is 1. The third-order valence-electron chi connectivity index (χ3n) is 5.08. The van der Waals surface area contributed by atoms with Gasteiger partial charge < -0.3 is 4.90 Å². The van der Waals surface area contributed by atoms with Crippen molar-refractivity contribution in [2.75, 3.05) is 11.4 Å². The van der Waals surface area contributed by atoms with E-state index in [1.54, 1.807) is 0 Å². The molecule has 2 aromatic rings. The first kappa shape index (κ1) is 14.8. The molecule has 0 saturated heterocycles. The molecule has 1 aliphatic heterocycles. The lowest BCUT2D eigenvalue weighted by Crippen LogP contribution is -2.40. The smallest absolute Gasteiger partial charge is 0.232 e. The Labute approximate surface area is 142 Å². The summed E-state index contributed by atoms with van der Waals surface area (Å²) in [7, 11) is 0. The van der Waals surface area contributed by atoms with E-state index < -0.39 is 0 Å². The molecule has 0 N–H and O–H groups in total. The van der Waals surface area contributed by atoms with Crippen LogP contribution in [0.3, 0.4) is 0 Å². The second-order valence-corrected chi connectivity index (χ2v) is 7.11. The average molecular weight is 326 g/mol. The molecule has 23 heavy (non-hydrogen) atoms. The maximum Gasteiger partial charge on any atom is 0.232 e. The Morgan fingerprint density at radius 1 is 1.17 bits per heavy atom. The summed E-state index contributed by atoms with van der Waals surface area (Å²) in [6.45, 7) is 2.90. The van der Waals surface area contributed by atoms with Gasteiger partial charge in [-0.25, -0.2) is 0 Å². The van der Waals surface area contributed by atoms with Crippen molar-refractivity contribution in [2.45, 2.75) is 31.6 Å². The van der Waals surface area contributed by atoms with E-state index >= 15 is 0 Å². The van der Waals surface area contributed by atoms with Crippen molar-refractivity contribution in [1.29, 1.82) is 0 Å². The van der Waals surface area contributed by atoms with Crippen LogP contribution in [0.1, 0.15) is 34.1 Å². The molecule has 1 amide bonds. The summed E-state index contributed by atoms with van der Waals surface area (Å²) >= 11 is 6.63. The first-order chi connectivity index (χ1) is 11.1. The van der Waals surface area contributed by atoms with Crippen LogP contribution in [-0.2, 0) is 17.6 Å². The molecule has 0 fully saturated rings. The van der Waals surface area contributed by atoms with Gasteiger partial charge in [0.15, 0.2) is 0 Å². The minimum absolute atomic E-state index is 0.152. The summed E-state index contributed by atoms with van der Waals surface area (Å²) in [5.41, 5.74) is 5.94. The first-order valence-corrected chi connectivity index (χ1v) is 8.71. The lowest BCUT2D eigenvalue weighted by molar-refractivity contribution is -0.122. The largest absolute Gasteiger partial charge is 0.312 e. The van der Waals surface area contributed by atoms with E-state index in [-0.39, 0.29) is 17.2 Å². The standard InChI is InChI=1S/C20H20ClNO/c1-13-8-9-18-15(11-13)6-4-10-22(18)20(23)17-12-14-5-2-3-7-16(14)19(17)21/h2-3,5,7-9,11,17,19H,4,6,10,12H2,1H3. The lowest BCUT2D eigenvalue weighted by Gasteiger charge is -2.32. The van der Waals surface area contributed by atoms with E-state index in [1.165, 1.54) is 16.7 Å². The molecule has 0 bridgehead atoms. The van der Waals surface area contributed by atoms with E-state index in [1.807, 2.05) is 23.1 Å². The molecule has 1 heterocycles. The molecule has 2 aromatic carbocycles. The van der Waals surface area contributed by atoms with Crippen LogP contribution in [-0.4, -0.2) is 12.5 Å². The summed E-state index contributed by atoms with van der Waals surface area (Å²) in [4.78, 5) is 15.1. The van der Waals surface area contributed by atoms with Crippen LogP contribution in [0, 0.1) is 12.8 Å². The van der Waals surface area contributed by atoms with Crippen molar-refractivity contribution < 1.29 is 4.79 Å². The second kappa shape index (κ2) is 5.68. The number of hydrogen-bond acceptors (Lipinski definition) is 1. The molecule has 2 atom stereocenters. The van der Waals surface area contributed by atoms with Gasteiger partial charge in [-0.2, -0.15) is 0 Å². The predicted molar refractivity (Wildman–Crippen MR) is 94.1 cm³/mol. The van der Waals surface area contributed by atoms with E-state index in [2.05, 4.69) is 31.2 Å². The van der Waals surface area contributed by atoms with Crippen molar-refractivity contribution in [3.8, 4) is 0 Å². The van der Waals surface area contributed by atoms with Crippen LogP contribution >= 0.6 is 11.6 Å². The molecule has 0 aromatic heterocycles. The van der Waals surface area contributed by atoms with Gasteiger partial charge in [0.05, 0.1) is 11.3 Å². The Balaban J connectivity index is 1.65. The van der Waals surface area contributed by atoms with Crippen LogP contribution in [0.25, 0.3) is 0 Å². The van der Waals surface area contributed by atoms with E-state index in [0.717, 1.165) is 37.1 Å². The topological polar surface area (TPSA) is 20.3 Å². The van der Waals surface area contributed by atoms with Gasteiger partial charge in [-0.3, -0.25) is 4.79 Å². The van der Waals surface area contributed by atoms with Gasteiger partial charge in [-0.15, -0.1) is 11.6 Å². The molecule has 1 aliphatic carbocycles. The fraction of sp³-hybridized carbons (Fsp3) is 0.350. The molecular weight excluding hydrogens is 306 g/mol. The van der Waals surface area contributed by atoms with Crippen LogP contribution in [0.15, 0.2) is 42.5 Å². The van der Waals surface area contributed by atoms with Gasteiger partial charge in [-0.05, 0) is 48.9 Å². The zero-order valence-corrected chi connectivity index (χ0v) is 14.0. The van der Waals surface area contributed by atoms with Crippen LogP contribution in [0.5, 0.6) is 0 Å². The second-order valence-electron chi connectivity index (χ2n) is 6.64. The fourth-order valence-corrected chi connectivity index (χ4v) is 4.32. The molecule has 118 valence electrons. The van der Waals surface area contributed by atoms with Crippen molar-refractivity contribution in [3.05, 3.63) is 64.7 Å². The highest BCUT2D eigenvalue weighted by Gasteiger charge is 2.39. The van der Waals surface area contributed by atoms with Gasteiger partial charge in [0.2, 0.25) is 5.91 Å². The molecule has 0 radical (unpaired) electrons. The molecular formula is C20H20ClNO. The van der Waals surface area contributed by atoms with E-state index in [9.17, 15) is 4.79 Å². The summed E-state index contributed by atoms with van der Waals surface area (Å²) in [5, 5.41) is -0.213. The molecule has 2 aliphatic rings. The number of fused-ring (bicyclic) bond motifs is 2. The number of carbonyl (C=O) groups excluding carboxylic acids is 1.